The quantitative estimate of drug-likeness (QED) is 0.679. The first-order valence-corrected chi connectivity index (χ1v) is 4.60. The summed E-state index contributed by atoms with van der Waals surface area (Å²) >= 11 is 0. The zero-order chi connectivity index (χ0) is 10.1. The number of hydrogen-bond acceptors (Lipinski definition) is 4. The highest BCUT2D eigenvalue weighted by Gasteiger charge is 2.03. The summed E-state index contributed by atoms with van der Waals surface area (Å²) in [7, 11) is 1.65. The maximum atomic E-state index is 5.53. The third kappa shape index (κ3) is 38.1. The monoisotopic (exact) mass is 287 g/mol. The molecule has 0 aliphatic rings. The van der Waals surface area contributed by atoms with E-state index >= 15 is 0 Å². The highest BCUT2D eigenvalue weighted by molar-refractivity contribution is 4.53. The highest BCUT2D eigenvalue weighted by Crippen LogP contribution is 1.93. The van der Waals surface area contributed by atoms with Gasteiger partial charge in [0.25, 0.3) is 0 Å². The molecule has 19 heavy (non-hydrogen) atoms. The molecular formula is C15H45NO3. The van der Waals surface area contributed by atoms with Crippen molar-refractivity contribution in [3.63, 3.8) is 0 Å². The minimum absolute atomic E-state index is 0. The van der Waals surface area contributed by atoms with Crippen molar-refractivity contribution >= 4 is 0 Å². The number of ether oxygens (including phenoxy) is 3. The molecule has 0 aromatic rings. The van der Waals surface area contributed by atoms with Gasteiger partial charge in [0.1, 0.15) is 0 Å². The second kappa shape index (κ2) is 30.7. The fourth-order valence-electron chi connectivity index (χ4n) is 0.756. The molecular weight excluding hydrogens is 242 g/mol. The Morgan fingerprint density at radius 1 is 0.842 bits per heavy atom. The zero-order valence-electron chi connectivity index (χ0n) is 8.79. The number of hydrogen-bond donors (Lipinski definition) is 1. The van der Waals surface area contributed by atoms with E-state index in [1.54, 1.807) is 7.11 Å². The summed E-state index contributed by atoms with van der Waals surface area (Å²) in [6.45, 7) is 6.29. The van der Waals surface area contributed by atoms with Crippen LogP contribution in [0.3, 0.4) is 0 Å². The predicted octanol–water partition coefficient (Wildman–Crippen LogP) is 4.22. The van der Waals surface area contributed by atoms with Crippen molar-refractivity contribution in [3.8, 4) is 0 Å². The molecule has 2 N–H and O–H groups in total. The second-order valence-electron chi connectivity index (χ2n) is 3.19. The van der Waals surface area contributed by atoms with Crippen molar-refractivity contribution in [2.75, 3.05) is 33.5 Å². The van der Waals surface area contributed by atoms with Gasteiger partial charge in [0.2, 0.25) is 0 Å². The van der Waals surface area contributed by atoms with Gasteiger partial charge in [0.15, 0.2) is 0 Å². The number of methoxy groups -OCH3 is 1. The van der Waals surface area contributed by atoms with Gasteiger partial charge >= 0.3 is 0 Å². The molecule has 128 valence electrons. The Kier molecular flexibility index (Phi) is 69.1. The van der Waals surface area contributed by atoms with Gasteiger partial charge in [0.05, 0.1) is 32.5 Å². The van der Waals surface area contributed by atoms with Crippen LogP contribution in [0.25, 0.3) is 0 Å². The van der Waals surface area contributed by atoms with E-state index in [4.69, 9.17) is 19.9 Å². The molecule has 0 amide bonds. The van der Waals surface area contributed by atoms with E-state index in [2.05, 4.69) is 0 Å². The minimum atomic E-state index is 0. The maximum Gasteiger partial charge on any atom is 0.0781 e. The summed E-state index contributed by atoms with van der Waals surface area (Å²) in [5.41, 5.74) is 5.53. The van der Waals surface area contributed by atoms with Crippen LogP contribution in [-0.4, -0.2) is 45.7 Å². The van der Waals surface area contributed by atoms with Crippen molar-refractivity contribution in [1.29, 1.82) is 0 Å². The summed E-state index contributed by atoms with van der Waals surface area (Å²) < 4.78 is 15.5. The first kappa shape index (κ1) is 42.8. The largest absolute Gasteiger partial charge is 0.382 e. The van der Waals surface area contributed by atoms with Crippen LogP contribution in [0, 0.1) is 0 Å². The molecule has 0 saturated carbocycles. The SMILES string of the molecule is C.C.C.C.C.C.COCCOCC(C)OCC(C)N. The lowest BCUT2D eigenvalue weighted by Crippen LogP contribution is -2.27. The first-order chi connectivity index (χ1) is 6.16. The van der Waals surface area contributed by atoms with Crippen LogP contribution in [0.4, 0.5) is 0 Å². The third-order valence-corrected chi connectivity index (χ3v) is 1.43. The fourth-order valence-corrected chi connectivity index (χ4v) is 0.756. The first-order valence-electron chi connectivity index (χ1n) is 4.60. The second-order valence-corrected chi connectivity index (χ2v) is 3.19. The lowest BCUT2D eigenvalue weighted by molar-refractivity contribution is -0.0212. The van der Waals surface area contributed by atoms with E-state index in [9.17, 15) is 0 Å². The molecule has 0 rings (SSSR count). The average Bonchev–Trinajstić information content (AvgIpc) is 2.09. The van der Waals surface area contributed by atoms with Crippen LogP contribution in [0.2, 0.25) is 0 Å². The average molecular weight is 288 g/mol. The van der Waals surface area contributed by atoms with E-state index in [1.807, 2.05) is 13.8 Å². The lowest BCUT2D eigenvalue weighted by Gasteiger charge is -2.14. The Hall–Kier alpha value is -0.160. The van der Waals surface area contributed by atoms with E-state index in [0.29, 0.717) is 26.4 Å². The Labute approximate surface area is 125 Å². The number of rotatable bonds is 8. The predicted molar refractivity (Wildman–Crippen MR) is 92.1 cm³/mol. The molecule has 0 bridgehead atoms. The number of nitrogens with two attached hydrogens (primary N) is 1. The van der Waals surface area contributed by atoms with Crippen molar-refractivity contribution in [3.05, 3.63) is 0 Å². The Bertz CT molecular complexity index is 112. The van der Waals surface area contributed by atoms with E-state index < -0.39 is 0 Å². The topological polar surface area (TPSA) is 53.7 Å². The van der Waals surface area contributed by atoms with Gasteiger partial charge < -0.3 is 19.9 Å². The molecule has 4 nitrogen and oxygen atoms in total. The molecule has 0 aliphatic heterocycles. The molecule has 0 aromatic heterocycles. The third-order valence-electron chi connectivity index (χ3n) is 1.43. The Morgan fingerprint density at radius 2 is 1.32 bits per heavy atom. The summed E-state index contributed by atoms with van der Waals surface area (Å²) in [5.74, 6) is 0. The summed E-state index contributed by atoms with van der Waals surface area (Å²) in [6, 6.07) is 0.0847. The minimum Gasteiger partial charge on any atom is -0.382 e. The van der Waals surface area contributed by atoms with Crippen molar-refractivity contribution in [1.82, 2.24) is 0 Å². The lowest BCUT2D eigenvalue weighted by atomic mass is 10.4. The molecule has 0 fully saturated rings. The van der Waals surface area contributed by atoms with Crippen LogP contribution >= 0.6 is 0 Å². The van der Waals surface area contributed by atoms with Crippen molar-refractivity contribution in [2.45, 2.75) is 70.6 Å². The molecule has 4 heteroatoms. The summed E-state index contributed by atoms with van der Waals surface area (Å²) in [5, 5.41) is 0. The van der Waals surface area contributed by atoms with Crippen LogP contribution in [0.5, 0.6) is 0 Å². The standard InChI is InChI=1S/C9H21NO3.6CH4/c1-8(10)6-13-9(2)7-12-5-4-11-3;;;;;;/h8-9H,4-7,10H2,1-3H3;6*1H4. The van der Waals surface area contributed by atoms with E-state index in [0.717, 1.165) is 0 Å². The van der Waals surface area contributed by atoms with Crippen LogP contribution in [0.15, 0.2) is 0 Å². The van der Waals surface area contributed by atoms with Crippen molar-refractivity contribution < 1.29 is 14.2 Å². The molecule has 0 heterocycles. The van der Waals surface area contributed by atoms with Crippen LogP contribution in [0.1, 0.15) is 58.4 Å². The molecule has 2 unspecified atom stereocenters. The van der Waals surface area contributed by atoms with E-state index in [1.165, 1.54) is 0 Å². The molecule has 0 aliphatic carbocycles. The molecule has 0 saturated heterocycles. The van der Waals surface area contributed by atoms with Gasteiger partial charge in [-0.3, -0.25) is 0 Å². The molecule has 0 radical (unpaired) electrons. The summed E-state index contributed by atoms with van der Waals surface area (Å²) in [4.78, 5) is 0. The van der Waals surface area contributed by atoms with Gasteiger partial charge in [-0.05, 0) is 13.8 Å². The van der Waals surface area contributed by atoms with Gasteiger partial charge in [0, 0.05) is 13.2 Å². The zero-order valence-corrected chi connectivity index (χ0v) is 8.79. The highest BCUT2D eigenvalue weighted by atomic mass is 16.5. The van der Waals surface area contributed by atoms with Crippen molar-refractivity contribution in [2.24, 2.45) is 5.73 Å². The van der Waals surface area contributed by atoms with Gasteiger partial charge in [-0.2, -0.15) is 0 Å². The van der Waals surface area contributed by atoms with Gasteiger partial charge in [-0.25, -0.2) is 0 Å². The smallest absolute Gasteiger partial charge is 0.0781 e. The molecule has 0 aromatic carbocycles. The normalized spacial score (nSPS) is 10.7. The van der Waals surface area contributed by atoms with Crippen LogP contribution in [-0.2, 0) is 14.2 Å². The fraction of sp³-hybridized carbons (Fsp3) is 1.00. The Morgan fingerprint density at radius 3 is 1.68 bits per heavy atom. The molecule has 2 atom stereocenters. The molecule has 0 spiro atoms. The maximum absolute atomic E-state index is 5.53. The summed E-state index contributed by atoms with van der Waals surface area (Å²) in [6.07, 6.45) is 0.0999. The van der Waals surface area contributed by atoms with Gasteiger partial charge in [-0.15, -0.1) is 0 Å². The Balaban J connectivity index is -0.0000000480. The van der Waals surface area contributed by atoms with Gasteiger partial charge in [-0.1, -0.05) is 44.6 Å². The van der Waals surface area contributed by atoms with E-state index in [-0.39, 0.29) is 56.7 Å². The van der Waals surface area contributed by atoms with Crippen LogP contribution < -0.4 is 5.73 Å².